The molecule has 0 saturated heterocycles. The molecule has 97 heavy (non-hydrogen) atoms. The lowest BCUT2D eigenvalue weighted by Gasteiger charge is -2.16. The third-order valence-electron chi connectivity index (χ3n) is 14.9. The summed E-state index contributed by atoms with van der Waals surface area (Å²) in [5, 5.41) is 20.4. The Hall–Kier alpha value is -11.6. The minimum atomic E-state index is -3.96. The van der Waals surface area contributed by atoms with E-state index in [4.69, 9.17) is 28.1 Å². The number of carbonyl (C=O) groups excluding carboxylic acids is 5. The van der Waals surface area contributed by atoms with Crippen molar-refractivity contribution >= 4 is 73.1 Å². The summed E-state index contributed by atoms with van der Waals surface area (Å²) in [5.41, 5.74) is 4.01. The van der Waals surface area contributed by atoms with E-state index in [-0.39, 0.29) is 89.6 Å². The van der Waals surface area contributed by atoms with E-state index in [1.54, 1.807) is 122 Å². The topological polar surface area (TPSA) is 305 Å². The van der Waals surface area contributed by atoms with Gasteiger partial charge in [-0.05, 0) is 104 Å². The molecule has 1 unspecified atom stereocenters. The number of carbonyl (C=O) groups is 5. The number of para-hydroxylation sites is 1. The number of hydrogen-bond donors (Lipinski definition) is 5. The summed E-state index contributed by atoms with van der Waals surface area (Å²) < 4.78 is 63.8. The highest BCUT2D eigenvalue weighted by Crippen LogP contribution is 2.36. The number of furan rings is 1. The second-order valence-corrected chi connectivity index (χ2v) is 23.4. The van der Waals surface area contributed by atoms with Gasteiger partial charge in [0.25, 0.3) is 21.5 Å². The third-order valence-corrected chi connectivity index (χ3v) is 16.3. The molecule has 10 aromatic rings. The van der Waals surface area contributed by atoms with Gasteiger partial charge >= 0.3 is 0 Å². The second kappa shape index (κ2) is 34.5. The minimum absolute atomic E-state index is 0.000883. The van der Waals surface area contributed by atoms with Gasteiger partial charge in [-0.25, -0.2) is 13.4 Å². The van der Waals surface area contributed by atoms with Crippen LogP contribution in [0.2, 0.25) is 0 Å². The molecule has 3 heterocycles. The van der Waals surface area contributed by atoms with Gasteiger partial charge in [0, 0.05) is 91.8 Å². The number of amides is 4. The summed E-state index contributed by atoms with van der Waals surface area (Å²) in [4.78, 5) is 79.1. The van der Waals surface area contributed by atoms with Crippen LogP contribution in [0.4, 0.5) is 22.7 Å². The molecule has 1 atom stereocenters. The normalized spacial score (nSPS) is 11.1. The van der Waals surface area contributed by atoms with Crippen LogP contribution < -0.4 is 55.2 Å². The fourth-order valence-corrected chi connectivity index (χ4v) is 11.1. The Morgan fingerprint density at radius 1 is 0.588 bits per heavy atom. The van der Waals surface area contributed by atoms with Crippen molar-refractivity contribution in [3.8, 4) is 28.7 Å². The van der Waals surface area contributed by atoms with Crippen LogP contribution in [0.5, 0.6) is 28.7 Å². The number of rotatable bonds is 27. The average molecular weight is 1340 g/mol. The number of benzene rings is 7. The molecule has 4 amide bonds. The highest BCUT2D eigenvalue weighted by Gasteiger charge is 2.23. The van der Waals surface area contributed by atoms with Crippen LogP contribution in [0.1, 0.15) is 95.6 Å². The summed E-state index contributed by atoms with van der Waals surface area (Å²) >= 11 is 0. The molecule has 0 aliphatic carbocycles. The van der Waals surface area contributed by atoms with E-state index < -0.39 is 10.0 Å². The van der Waals surface area contributed by atoms with Crippen molar-refractivity contribution in [1.29, 1.82) is 0 Å². The molecule has 7 aromatic carbocycles. The van der Waals surface area contributed by atoms with Gasteiger partial charge in [-0.15, -0.1) is 10.2 Å². The molecular formula is C72H76N10O14S. The first-order chi connectivity index (χ1) is 46.8. The lowest BCUT2D eigenvalue weighted by molar-refractivity contribution is -0.117. The first-order valence-electron chi connectivity index (χ1n) is 30.8. The van der Waals surface area contributed by atoms with E-state index in [1.165, 1.54) is 58.6 Å². The molecule has 3 aromatic heterocycles. The lowest BCUT2D eigenvalue weighted by Crippen LogP contribution is -2.29. The SMILES string of the molecule is CCCn1c(CCC(=O)Nc2cccc(OC)c2)nnc1C(C)NC(=O)c1ccccc1.COc1cc(NS(=O)(=O)c2ccc(NC(C)=O)cc2)c(OC)cc1CC(=O)c1ccccc1.COc1ccc(NC(=O)CCc2nc3ccccc3c(=O)n2Cc2ccco2)c(OC)c1. The van der Waals surface area contributed by atoms with E-state index in [2.05, 4.69) is 48.1 Å². The standard InChI is InChI=1S/C24H29N5O3.C24H23N3O5.C24H24N2O6S/c1-4-15-29-21(13-14-22(30)26-19-11-8-12-20(16-19)32-3)27-28-23(29)17(2)25-24(31)18-9-6-5-7-10-18;1-30-16-9-10-20(21(14-16)31-2)26-23(28)12-11-22-25-19-8-4-3-7-18(19)24(29)27(22)15-17-6-5-13-32-17;1-16(27)25-19-9-11-20(12-10-19)33(29,30)26-21-15-23(31-2)18(14-24(21)32-3)13-22(28)17-7-5-4-6-8-17/h5-12,16-17H,4,13-15H2,1-3H3,(H,25,31)(H,26,30);3-10,13-14H,11-12,15H2,1-2H3,(H,26,28);4-12,14-15,26H,13H2,1-3H3,(H,25,27). The van der Waals surface area contributed by atoms with Gasteiger partial charge in [0.15, 0.2) is 11.6 Å². The Morgan fingerprint density at radius 2 is 1.23 bits per heavy atom. The summed E-state index contributed by atoms with van der Waals surface area (Å²) in [6.45, 7) is 6.27. The zero-order valence-electron chi connectivity index (χ0n) is 54.9. The molecule has 0 aliphatic rings. The molecule has 10 rings (SSSR count). The number of fused-ring (bicyclic) bond motifs is 1. The lowest BCUT2D eigenvalue weighted by atomic mass is 10.0. The molecule has 5 N–H and O–H groups in total. The molecule has 0 fully saturated rings. The molecule has 24 nitrogen and oxygen atoms in total. The molecule has 25 heteroatoms. The van der Waals surface area contributed by atoms with Crippen molar-refractivity contribution in [2.24, 2.45) is 0 Å². The predicted molar refractivity (Wildman–Crippen MR) is 368 cm³/mol. The number of aromatic nitrogens is 5. The van der Waals surface area contributed by atoms with E-state index in [0.29, 0.717) is 98.0 Å². The molecular weight excluding hydrogens is 1260 g/mol. The van der Waals surface area contributed by atoms with Crippen molar-refractivity contribution < 1.29 is 60.5 Å². The van der Waals surface area contributed by atoms with Crippen molar-refractivity contribution in [2.75, 3.05) is 56.2 Å². The maximum Gasteiger partial charge on any atom is 0.262 e. The van der Waals surface area contributed by atoms with Gasteiger partial charge in [0.2, 0.25) is 17.7 Å². The highest BCUT2D eigenvalue weighted by molar-refractivity contribution is 7.92. The number of Topliss-reactive ketones (excluding diaryl/α,β-unsaturated/α-hetero) is 1. The van der Waals surface area contributed by atoms with Crippen LogP contribution in [0.25, 0.3) is 10.9 Å². The number of anilines is 4. The van der Waals surface area contributed by atoms with Gasteiger partial charge in [-0.3, -0.25) is 38.1 Å². The fraction of sp³-hybridized carbons (Fsp3) is 0.236. The number of sulfonamides is 1. The first kappa shape index (κ1) is 71.3. The van der Waals surface area contributed by atoms with Crippen LogP contribution in [0.3, 0.4) is 0 Å². The minimum Gasteiger partial charge on any atom is -0.497 e. The number of nitrogens with one attached hydrogen (secondary N) is 5. The van der Waals surface area contributed by atoms with E-state index >= 15 is 0 Å². The van der Waals surface area contributed by atoms with Gasteiger partial charge < -0.3 is 53.9 Å². The zero-order valence-corrected chi connectivity index (χ0v) is 55.7. The molecule has 0 spiro atoms. The van der Waals surface area contributed by atoms with E-state index in [1.807, 2.05) is 60.0 Å². The maximum absolute atomic E-state index is 13.1. The third kappa shape index (κ3) is 19.7. The Morgan fingerprint density at radius 3 is 1.88 bits per heavy atom. The Balaban J connectivity index is 0.000000186. The van der Waals surface area contributed by atoms with Gasteiger partial charge in [-0.2, -0.15) is 0 Å². The number of ether oxygens (including phenoxy) is 5. The van der Waals surface area contributed by atoms with Crippen LogP contribution >= 0.6 is 0 Å². The molecule has 0 radical (unpaired) electrons. The predicted octanol–water partition coefficient (Wildman–Crippen LogP) is 11.3. The first-order valence-corrected chi connectivity index (χ1v) is 32.3. The number of hydrogen-bond acceptors (Lipinski definition) is 17. The Bertz CT molecular complexity index is 4510. The van der Waals surface area contributed by atoms with Crippen molar-refractivity contribution in [1.82, 2.24) is 29.6 Å². The summed E-state index contributed by atoms with van der Waals surface area (Å²) in [5.74, 6) is 4.08. The summed E-state index contributed by atoms with van der Waals surface area (Å²) in [6.07, 6.45) is 3.63. The summed E-state index contributed by atoms with van der Waals surface area (Å²) in [6, 6.07) is 49.5. The molecule has 0 saturated carbocycles. The smallest absolute Gasteiger partial charge is 0.262 e. The van der Waals surface area contributed by atoms with Crippen molar-refractivity contribution in [2.45, 2.75) is 83.3 Å². The monoisotopic (exact) mass is 1340 g/mol. The van der Waals surface area contributed by atoms with Gasteiger partial charge in [-0.1, -0.05) is 73.7 Å². The zero-order chi connectivity index (χ0) is 69.4. The number of aryl methyl sites for hydroxylation is 2. The maximum atomic E-state index is 13.1. The fourth-order valence-electron chi connectivity index (χ4n) is 10.1. The quantitative estimate of drug-likeness (QED) is 0.0299. The van der Waals surface area contributed by atoms with Crippen LogP contribution in [-0.2, 0) is 56.8 Å². The molecule has 504 valence electrons. The van der Waals surface area contributed by atoms with Crippen molar-refractivity contribution in [3.05, 3.63) is 232 Å². The van der Waals surface area contributed by atoms with Crippen LogP contribution in [-0.4, -0.2) is 97.7 Å². The van der Waals surface area contributed by atoms with E-state index in [0.717, 1.165) is 12.2 Å². The molecule has 0 bridgehead atoms. The second-order valence-electron chi connectivity index (χ2n) is 21.7. The Kier molecular flexibility index (Phi) is 25.4. The van der Waals surface area contributed by atoms with E-state index in [9.17, 15) is 37.2 Å². The van der Waals surface area contributed by atoms with Crippen LogP contribution in [0.15, 0.2) is 196 Å². The van der Waals surface area contributed by atoms with Crippen LogP contribution in [0, 0.1) is 0 Å². The number of nitrogens with zero attached hydrogens (tertiary/aromatic N) is 5. The largest absolute Gasteiger partial charge is 0.497 e. The van der Waals surface area contributed by atoms with Crippen molar-refractivity contribution in [3.63, 3.8) is 0 Å². The average Bonchev–Trinajstić information content (AvgIpc) is 1.13. The summed E-state index contributed by atoms with van der Waals surface area (Å²) in [7, 11) is 3.56. The number of methoxy groups -OCH3 is 5. The van der Waals surface area contributed by atoms with Gasteiger partial charge in [0.1, 0.15) is 46.2 Å². The van der Waals surface area contributed by atoms with Gasteiger partial charge in [0.05, 0.1) is 81.6 Å². The molecule has 0 aliphatic heterocycles. The Labute approximate surface area is 561 Å². The number of ketones is 1. The highest BCUT2D eigenvalue weighted by atomic mass is 32.2.